The van der Waals surface area contributed by atoms with E-state index < -0.39 is 0 Å². The minimum absolute atomic E-state index is 0.229. The number of hydrogen-bond acceptors (Lipinski definition) is 5. The SMILES string of the molecule is OCc1nnc(-c2ccc(C3CCOCC3)cc2)o1. The van der Waals surface area contributed by atoms with Crippen LogP contribution < -0.4 is 0 Å². The van der Waals surface area contributed by atoms with Gasteiger partial charge in [-0.2, -0.15) is 0 Å². The fourth-order valence-corrected chi connectivity index (χ4v) is 2.36. The van der Waals surface area contributed by atoms with Gasteiger partial charge in [0, 0.05) is 18.8 Å². The molecular weight excluding hydrogens is 244 g/mol. The first kappa shape index (κ1) is 12.3. The van der Waals surface area contributed by atoms with Crippen molar-refractivity contribution < 1.29 is 14.3 Å². The summed E-state index contributed by atoms with van der Waals surface area (Å²) in [6.07, 6.45) is 2.16. The van der Waals surface area contributed by atoms with Crippen molar-refractivity contribution in [1.82, 2.24) is 10.2 Å². The molecule has 19 heavy (non-hydrogen) atoms. The molecule has 1 aromatic carbocycles. The lowest BCUT2D eigenvalue weighted by Gasteiger charge is -2.22. The van der Waals surface area contributed by atoms with Crippen molar-refractivity contribution in [2.75, 3.05) is 13.2 Å². The molecule has 2 heterocycles. The van der Waals surface area contributed by atoms with Crippen LogP contribution in [0, 0.1) is 0 Å². The zero-order valence-corrected chi connectivity index (χ0v) is 10.6. The second kappa shape index (κ2) is 5.50. The van der Waals surface area contributed by atoms with Crippen LogP contribution in [0.2, 0.25) is 0 Å². The number of ether oxygens (including phenoxy) is 1. The molecule has 0 bridgehead atoms. The largest absolute Gasteiger partial charge is 0.418 e. The standard InChI is InChI=1S/C14H16N2O3/c17-9-13-15-16-14(19-13)12-3-1-10(2-4-12)11-5-7-18-8-6-11/h1-4,11,17H,5-9H2. The Kier molecular flexibility index (Phi) is 3.57. The van der Waals surface area contributed by atoms with Crippen molar-refractivity contribution in [3.63, 3.8) is 0 Å². The van der Waals surface area contributed by atoms with Crippen LogP contribution in [0.15, 0.2) is 28.7 Å². The van der Waals surface area contributed by atoms with Crippen LogP contribution in [0.5, 0.6) is 0 Å². The average Bonchev–Trinajstić information content (AvgIpc) is 2.97. The molecule has 0 unspecified atom stereocenters. The van der Waals surface area contributed by atoms with E-state index >= 15 is 0 Å². The maximum atomic E-state index is 8.90. The van der Waals surface area contributed by atoms with Crippen LogP contribution >= 0.6 is 0 Å². The Morgan fingerprint density at radius 1 is 1.11 bits per heavy atom. The summed E-state index contributed by atoms with van der Waals surface area (Å²) in [5.41, 5.74) is 2.21. The molecule has 5 nitrogen and oxygen atoms in total. The van der Waals surface area contributed by atoms with E-state index in [2.05, 4.69) is 22.3 Å². The highest BCUT2D eigenvalue weighted by molar-refractivity contribution is 5.53. The maximum Gasteiger partial charge on any atom is 0.247 e. The van der Waals surface area contributed by atoms with Crippen LogP contribution in [0.1, 0.15) is 30.2 Å². The third-order valence-electron chi connectivity index (χ3n) is 3.45. The van der Waals surface area contributed by atoms with E-state index in [1.807, 2.05) is 12.1 Å². The molecule has 1 saturated heterocycles. The molecule has 5 heteroatoms. The number of rotatable bonds is 3. The summed E-state index contributed by atoms with van der Waals surface area (Å²) in [4.78, 5) is 0. The molecule has 1 aliphatic heterocycles. The topological polar surface area (TPSA) is 68.4 Å². The van der Waals surface area contributed by atoms with Gasteiger partial charge in [0.2, 0.25) is 11.8 Å². The Balaban J connectivity index is 1.78. The van der Waals surface area contributed by atoms with Gasteiger partial charge in [-0.25, -0.2) is 0 Å². The van der Waals surface area contributed by atoms with Crippen molar-refractivity contribution in [3.8, 4) is 11.5 Å². The van der Waals surface area contributed by atoms with Crippen molar-refractivity contribution in [1.29, 1.82) is 0 Å². The van der Waals surface area contributed by atoms with Gasteiger partial charge in [0.1, 0.15) is 6.61 Å². The van der Waals surface area contributed by atoms with Crippen LogP contribution in [0.4, 0.5) is 0 Å². The quantitative estimate of drug-likeness (QED) is 0.915. The van der Waals surface area contributed by atoms with Crippen molar-refractivity contribution in [2.45, 2.75) is 25.4 Å². The van der Waals surface area contributed by atoms with Gasteiger partial charge in [-0.05, 0) is 36.5 Å². The fourth-order valence-electron chi connectivity index (χ4n) is 2.36. The summed E-state index contributed by atoms with van der Waals surface area (Å²) in [7, 11) is 0. The highest BCUT2D eigenvalue weighted by Crippen LogP contribution is 2.28. The van der Waals surface area contributed by atoms with Gasteiger partial charge < -0.3 is 14.3 Å². The molecule has 0 radical (unpaired) electrons. The molecule has 0 saturated carbocycles. The normalized spacial score (nSPS) is 16.7. The molecule has 1 aliphatic rings. The first-order valence-corrected chi connectivity index (χ1v) is 6.48. The number of aromatic nitrogens is 2. The number of nitrogens with zero attached hydrogens (tertiary/aromatic N) is 2. The predicted molar refractivity (Wildman–Crippen MR) is 68.5 cm³/mol. The van der Waals surface area contributed by atoms with E-state index in [-0.39, 0.29) is 12.5 Å². The summed E-state index contributed by atoms with van der Waals surface area (Å²) in [5, 5.41) is 16.5. The van der Waals surface area contributed by atoms with Gasteiger partial charge in [-0.3, -0.25) is 0 Å². The van der Waals surface area contributed by atoms with E-state index in [1.54, 1.807) is 0 Å². The van der Waals surface area contributed by atoms with Gasteiger partial charge in [0.05, 0.1) is 0 Å². The molecule has 1 fully saturated rings. The van der Waals surface area contributed by atoms with Gasteiger partial charge in [-0.15, -0.1) is 10.2 Å². The van der Waals surface area contributed by atoms with E-state index in [4.69, 9.17) is 14.3 Å². The first-order chi connectivity index (χ1) is 9.36. The number of aliphatic hydroxyl groups excluding tert-OH is 1. The van der Waals surface area contributed by atoms with E-state index in [0.717, 1.165) is 31.6 Å². The molecule has 2 aromatic rings. The maximum absolute atomic E-state index is 8.90. The highest BCUT2D eigenvalue weighted by Gasteiger charge is 2.16. The van der Waals surface area contributed by atoms with Crippen molar-refractivity contribution in [3.05, 3.63) is 35.7 Å². The smallest absolute Gasteiger partial charge is 0.247 e. The predicted octanol–water partition coefficient (Wildman–Crippen LogP) is 2.12. The monoisotopic (exact) mass is 260 g/mol. The lowest BCUT2D eigenvalue weighted by molar-refractivity contribution is 0.0853. The molecule has 0 spiro atoms. The Bertz CT molecular complexity index is 530. The van der Waals surface area contributed by atoms with Gasteiger partial charge in [0.25, 0.3) is 0 Å². The summed E-state index contributed by atoms with van der Waals surface area (Å²) in [6, 6.07) is 8.18. The van der Waals surface area contributed by atoms with Crippen LogP contribution in [0.3, 0.4) is 0 Å². The molecule has 0 aliphatic carbocycles. The fraction of sp³-hybridized carbons (Fsp3) is 0.429. The van der Waals surface area contributed by atoms with Gasteiger partial charge in [0.15, 0.2) is 0 Å². The van der Waals surface area contributed by atoms with E-state index in [0.29, 0.717) is 11.8 Å². The lowest BCUT2D eigenvalue weighted by atomic mass is 9.91. The number of benzene rings is 1. The van der Waals surface area contributed by atoms with Crippen molar-refractivity contribution in [2.24, 2.45) is 0 Å². The third-order valence-corrected chi connectivity index (χ3v) is 3.45. The van der Waals surface area contributed by atoms with Crippen LogP contribution in [-0.4, -0.2) is 28.5 Å². The molecule has 0 amide bonds. The zero-order valence-electron chi connectivity index (χ0n) is 10.6. The highest BCUT2D eigenvalue weighted by atomic mass is 16.5. The van der Waals surface area contributed by atoms with E-state index in [9.17, 15) is 0 Å². The minimum Gasteiger partial charge on any atom is -0.418 e. The summed E-state index contributed by atoms with van der Waals surface area (Å²) in [5.74, 6) is 1.27. The first-order valence-electron chi connectivity index (χ1n) is 6.48. The molecule has 3 rings (SSSR count). The van der Waals surface area contributed by atoms with Crippen LogP contribution in [0.25, 0.3) is 11.5 Å². The molecule has 1 aromatic heterocycles. The van der Waals surface area contributed by atoms with Gasteiger partial charge >= 0.3 is 0 Å². The average molecular weight is 260 g/mol. The van der Waals surface area contributed by atoms with E-state index in [1.165, 1.54) is 5.56 Å². The minimum atomic E-state index is -0.229. The third kappa shape index (κ3) is 2.67. The second-order valence-corrected chi connectivity index (χ2v) is 4.67. The molecule has 100 valence electrons. The number of hydrogen-bond donors (Lipinski definition) is 1. The lowest BCUT2D eigenvalue weighted by Crippen LogP contribution is -2.13. The second-order valence-electron chi connectivity index (χ2n) is 4.67. The summed E-state index contributed by atoms with van der Waals surface area (Å²) in [6.45, 7) is 1.46. The van der Waals surface area contributed by atoms with Crippen LogP contribution in [-0.2, 0) is 11.3 Å². The molecule has 0 atom stereocenters. The Morgan fingerprint density at radius 2 is 1.84 bits per heavy atom. The Hall–Kier alpha value is -1.72. The zero-order chi connectivity index (χ0) is 13.1. The molecular formula is C14H16N2O3. The Morgan fingerprint density at radius 3 is 2.47 bits per heavy atom. The number of aliphatic hydroxyl groups is 1. The molecule has 1 N–H and O–H groups in total. The van der Waals surface area contributed by atoms with Crippen molar-refractivity contribution >= 4 is 0 Å². The Labute approximate surface area is 111 Å². The summed E-state index contributed by atoms with van der Waals surface area (Å²) >= 11 is 0. The summed E-state index contributed by atoms with van der Waals surface area (Å²) < 4.78 is 10.7. The van der Waals surface area contributed by atoms with Gasteiger partial charge in [-0.1, -0.05) is 12.1 Å².